The van der Waals surface area contributed by atoms with Gasteiger partial charge >= 0.3 is 0 Å². The molecule has 0 amide bonds. The van der Waals surface area contributed by atoms with Gasteiger partial charge in [0.05, 0.1) is 5.69 Å². The Morgan fingerprint density at radius 1 is 1.14 bits per heavy atom. The van der Waals surface area contributed by atoms with Gasteiger partial charge in [-0.05, 0) is 34.1 Å². The van der Waals surface area contributed by atoms with Crippen molar-refractivity contribution in [3.05, 3.63) is 37.5 Å². The van der Waals surface area contributed by atoms with Crippen molar-refractivity contribution in [2.45, 2.75) is 0 Å². The molecule has 2 rings (SSSR count). The van der Waals surface area contributed by atoms with E-state index in [-0.39, 0.29) is 0 Å². The van der Waals surface area contributed by atoms with E-state index in [0.717, 1.165) is 15.2 Å². The third kappa shape index (κ3) is 2.28. The molecule has 1 aromatic carbocycles. The number of aromatic nitrogens is 1. The average Bonchev–Trinajstić information content (AvgIpc) is 2.50. The molecule has 0 unspecified atom stereocenters. The van der Waals surface area contributed by atoms with E-state index in [1.165, 1.54) is 11.3 Å². The van der Waals surface area contributed by atoms with Crippen LogP contribution in [0.15, 0.2) is 27.5 Å². The summed E-state index contributed by atoms with van der Waals surface area (Å²) in [6.07, 6.45) is 0. The maximum absolute atomic E-state index is 5.89. The van der Waals surface area contributed by atoms with Crippen LogP contribution in [0, 0.1) is 0 Å². The summed E-state index contributed by atoms with van der Waals surface area (Å²) in [4.78, 5) is 4.28. The highest BCUT2D eigenvalue weighted by molar-refractivity contribution is 9.11. The quantitative estimate of drug-likeness (QED) is 0.731. The number of halogens is 3. The molecule has 2 aromatic rings. The molecule has 0 atom stereocenters. The van der Waals surface area contributed by atoms with Crippen LogP contribution in [0.5, 0.6) is 0 Å². The summed E-state index contributed by atoms with van der Waals surface area (Å²) < 4.78 is 0.851. The maximum atomic E-state index is 5.89. The molecule has 0 bridgehead atoms. The van der Waals surface area contributed by atoms with Crippen molar-refractivity contribution in [3.63, 3.8) is 0 Å². The Bertz CT molecular complexity index is 449. The second-order valence-electron chi connectivity index (χ2n) is 2.64. The van der Waals surface area contributed by atoms with Crippen LogP contribution in [-0.2, 0) is 0 Å². The van der Waals surface area contributed by atoms with Gasteiger partial charge in [0.1, 0.15) is 0 Å². The molecular formula is C9H4BrCl2NS. The van der Waals surface area contributed by atoms with Gasteiger partial charge in [-0.25, -0.2) is 4.98 Å². The van der Waals surface area contributed by atoms with Gasteiger partial charge in [0.2, 0.25) is 0 Å². The lowest BCUT2D eigenvalue weighted by atomic mass is 10.2. The van der Waals surface area contributed by atoms with Gasteiger partial charge in [-0.1, -0.05) is 23.2 Å². The first-order valence-electron chi connectivity index (χ1n) is 3.72. The monoisotopic (exact) mass is 307 g/mol. The summed E-state index contributed by atoms with van der Waals surface area (Å²) >= 11 is 16.6. The zero-order valence-corrected chi connectivity index (χ0v) is 10.7. The zero-order chi connectivity index (χ0) is 10.1. The molecule has 14 heavy (non-hydrogen) atoms. The highest BCUT2D eigenvalue weighted by Gasteiger charge is 2.04. The van der Waals surface area contributed by atoms with Crippen LogP contribution in [-0.4, -0.2) is 4.98 Å². The number of rotatable bonds is 1. The third-order valence-electron chi connectivity index (χ3n) is 1.63. The minimum absolute atomic E-state index is 0.622. The van der Waals surface area contributed by atoms with Crippen molar-refractivity contribution in [1.29, 1.82) is 0 Å². The molecule has 0 N–H and O–H groups in total. The van der Waals surface area contributed by atoms with E-state index in [1.807, 2.05) is 17.5 Å². The first kappa shape index (κ1) is 10.4. The first-order chi connectivity index (χ1) is 6.65. The van der Waals surface area contributed by atoms with Gasteiger partial charge in [0, 0.05) is 21.0 Å². The molecule has 0 aliphatic heterocycles. The predicted molar refractivity (Wildman–Crippen MR) is 65.3 cm³/mol. The van der Waals surface area contributed by atoms with Crippen LogP contribution < -0.4 is 0 Å². The number of hydrogen-bond donors (Lipinski definition) is 0. The molecule has 0 aliphatic carbocycles. The molecule has 72 valence electrons. The van der Waals surface area contributed by atoms with Gasteiger partial charge in [0.25, 0.3) is 0 Å². The summed E-state index contributed by atoms with van der Waals surface area (Å²) in [5, 5.41) is 3.19. The molecule has 0 saturated carbocycles. The third-order valence-corrected chi connectivity index (χ3v) is 3.44. The second kappa shape index (κ2) is 4.19. The summed E-state index contributed by atoms with van der Waals surface area (Å²) in [5.41, 5.74) is 1.82. The molecule has 1 aromatic heterocycles. The fourth-order valence-electron chi connectivity index (χ4n) is 1.09. The first-order valence-corrected chi connectivity index (χ1v) is 6.15. The van der Waals surface area contributed by atoms with Crippen LogP contribution in [0.1, 0.15) is 0 Å². The van der Waals surface area contributed by atoms with Crippen molar-refractivity contribution in [3.8, 4) is 11.3 Å². The van der Waals surface area contributed by atoms with Gasteiger partial charge in [-0.15, -0.1) is 11.3 Å². The average molecular weight is 309 g/mol. The van der Waals surface area contributed by atoms with E-state index >= 15 is 0 Å². The second-order valence-corrected chi connectivity index (χ2v) is 5.65. The Morgan fingerprint density at radius 3 is 2.29 bits per heavy atom. The van der Waals surface area contributed by atoms with Crippen LogP contribution in [0.3, 0.4) is 0 Å². The Labute approximate surface area is 104 Å². The predicted octanol–water partition coefficient (Wildman–Crippen LogP) is 4.88. The smallest absolute Gasteiger partial charge is 0.159 e. The summed E-state index contributed by atoms with van der Waals surface area (Å²) in [7, 11) is 0. The van der Waals surface area contributed by atoms with Crippen molar-refractivity contribution in [2.24, 2.45) is 0 Å². The Morgan fingerprint density at radius 2 is 1.79 bits per heavy atom. The van der Waals surface area contributed by atoms with Crippen LogP contribution >= 0.6 is 50.5 Å². The lowest BCUT2D eigenvalue weighted by Gasteiger charge is -1.98. The highest BCUT2D eigenvalue weighted by atomic mass is 79.9. The minimum atomic E-state index is 0.622. The molecule has 1 heterocycles. The van der Waals surface area contributed by atoms with Gasteiger partial charge < -0.3 is 0 Å². The standard InChI is InChI=1S/C9H4BrCl2NS/c10-9-13-8(4-14-9)5-1-6(11)3-7(12)2-5/h1-4H. The Hall–Kier alpha value is -0.0900. The van der Waals surface area contributed by atoms with E-state index < -0.39 is 0 Å². The minimum Gasteiger partial charge on any atom is -0.229 e. The molecule has 5 heteroatoms. The Balaban J connectivity index is 2.51. The van der Waals surface area contributed by atoms with Gasteiger partial charge in [-0.2, -0.15) is 0 Å². The number of thiazole rings is 1. The number of nitrogens with zero attached hydrogens (tertiary/aromatic N) is 1. The van der Waals surface area contributed by atoms with E-state index in [1.54, 1.807) is 6.07 Å². The van der Waals surface area contributed by atoms with E-state index in [9.17, 15) is 0 Å². The van der Waals surface area contributed by atoms with E-state index in [4.69, 9.17) is 23.2 Å². The zero-order valence-electron chi connectivity index (χ0n) is 6.80. The molecule has 0 radical (unpaired) electrons. The van der Waals surface area contributed by atoms with Crippen molar-refractivity contribution in [2.75, 3.05) is 0 Å². The summed E-state index contributed by atoms with van der Waals surface area (Å²) in [6, 6.07) is 5.39. The van der Waals surface area contributed by atoms with Crippen LogP contribution in [0.4, 0.5) is 0 Å². The maximum Gasteiger partial charge on any atom is 0.159 e. The number of hydrogen-bond acceptors (Lipinski definition) is 2. The van der Waals surface area contributed by atoms with Crippen molar-refractivity contribution in [1.82, 2.24) is 4.98 Å². The SMILES string of the molecule is Clc1cc(Cl)cc(-c2csc(Br)n2)c1. The normalized spacial score (nSPS) is 10.5. The number of benzene rings is 1. The van der Waals surface area contributed by atoms with Crippen LogP contribution in [0.25, 0.3) is 11.3 Å². The lowest BCUT2D eigenvalue weighted by molar-refractivity contribution is 1.37. The van der Waals surface area contributed by atoms with Gasteiger partial charge in [-0.3, -0.25) is 0 Å². The van der Waals surface area contributed by atoms with Crippen molar-refractivity contribution >= 4 is 50.5 Å². The topological polar surface area (TPSA) is 12.9 Å². The fourth-order valence-corrected chi connectivity index (χ4v) is 2.63. The lowest BCUT2D eigenvalue weighted by Crippen LogP contribution is -1.77. The molecular weight excluding hydrogens is 305 g/mol. The van der Waals surface area contributed by atoms with Crippen molar-refractivity contribution < 1.29 is 0 Å². The molecule has 1 nitrogen and oxygen atoms in total. The Kier molecular flexibility index (Phi) is 3.12. The van der Waals surface area contributed by atoms with E-state index in [0.29, 0.717) is 10.0 Å². The summed E-state index contributed by atoms with van der Waals surface area (Å²) in [6.45, 7) is 0. The fraction of sp³-hybridized carbons (Fsp3) is 0. The van der Waals surface area contributed by atoms with E-state index in [2.05, 4.69) is 20.9 Å². The molecule has 0 fully saturated rings. The summed E-state index contributed by atoms with van der Waals surface area (Å²) in [5.74, 6) is 0. The highest BCUT2D eigenvalue weighted by Crippen LogP contribution is 2.29. The molecule has 0 saturated heterocycles. The molecule has 0 spiro atoms. The van der Waals surface area contributed by atoms with Crippen LogP contribution in [0.2, 0.25) is 10.0 Å². The van der Waals surface area contributed by atoms with Gasteiger partial charge in [0.15, 0.2) is 3.92 Å². The largest absolute Gasteiger partial charge is 0.229 e. The molecule has 0 aliphatic rings.